The van der Waals surface area contributed by atoms with Gasteiger partial charge in [0.1, 0.15) is 17.0 Å². The van der Waals surface area contributed by atoms with E-state index >= 15 is 8.78 Å². The molecule has 4 heterocycles. The van der Waals surface area contributed by atoms with Crippen molar-refractivity contribution < 1.29 is 18.7 Å². The van der Waals surface area contributed by atoms with Gasteiger partial charge in [0, 0.05) is 54.5 Å². The molecule has 45 heavy (non-hydrogen) atoms. The number of aromatic nitrogens is 4. The van der Waals surface area contributed by atoms with E-state index in [0.29, 0.717) is 44.0 Å². The number of aryl methyl sites for hydroxylation is 1. The smallest absolute Gasteiger partial charge is 0.251 e. The summed E-state index contributed by atoms with van der Waals surface area (Å²) in [5.41, 5.74) is 2.29. The van der Waals surface area contributed by atoms with E-state index in [2.05, 4.69) is 30.4 Å². The lowest BCUT2D eigenvalue weighted by atomic mass is 9.77. The summed E-state index contributed by atoms with van der Waals surface area (Å²) in [5.74, 6) is -1.13. The summed E-state index contributed by atoms with van der Waals surface area (Å²) in [6, 6.07) is 9.93. The normalized spacial score (nSPS) is 20.6. The Hall–Kier alpha value is -3.89. The first-order chi connectivity index (χ1) is 21.5. The van der Waals surface area contributed by atoms with Crippen LogP contribution in [-0.2, 0) is 12.8 Å². The highest BCUT2D eigenvalue weighted by atomic mass is 19.1. The Labute approximate surface area is 262 Å². The average Bonchev–Trinajstić information content (AvgIpc) is 3.03. The maximum atomic E-state index is 15.5. The van der Waals surface area contributed by atoms with Crippen LogP contribution in [-0.4, -0.2) is 67.0 Å². The lowest BCUT2D eigenvalue weighted by Gasteiger charge is -2.36. The maximum Gasteiger partial charge on any atom is 0.251 e. The second-order valence-corrected chi connectivity index (χ2v) is 13.3. The number of hydrogen-bond donors (Lipinski definition) is 2. The van der Waals surface area contributed by atoms with Gasteiger partial charge in [-0.15, -0.1) is 0 Å². The predicted octanol–water partition coefficient (Wildman–Crippen LogP) is 5.79. The molecule has 0 bridgehead atoms. The highest BCUT2D eigenvalue weighted by Gasteiger charge is 2.38. The number of nitrogens with one attached hydrogen (secondary N) is 1. The van der Waals surface area contributed by atoms with Crippen LogP contribution in [0.15, 0.2) is 55.0 Å². The highest BCUT2D eigenvalue weighted by Crippen LogP contribution is 2.38. The summed E-state index contributed by atoms with van der Waals surface area (Å²) in [6.07, 6.45) is 8.03. The number of fused-ring (bicyclic) bond motifs is 2. The molecule has 0 spiro atoms. The van der Waals surface area contributed by atoms with Gasteiger partial charge in [0.05, 0.1) is 29.7 Å². The third-order valence-electron chi connectivity index (χ3n) is 9.64. The largest absolute Gasteiger partial charge is 0.390 e. The van der Waals surface area contributed by atoms with Gasteiger partial charge in [-0.25, -0.2) is 13.8 Å². The number of benzene rings is 1. The van der Waals surface area contributed by atoms with E-state index in [4.69, 9.17) is 0 Å². The number of carbonyl (C=O) groups is 1. The summed E-state index contributed by atoms with van der Waals surface area (Å²) in [4.78, 5) is 25.2. The molecule has 2 atom stereocenters. The fourth-order valence-electron chi connectivity index (χ4n) is 6.41. The number of hydrogen-bond acceptors (Lipinski definition) is 7. The van der Waals surface area contributed by atoms with Crippen molar-refractivity contribution in [1.82, 2.24) is 30.4 Å². The molecule has 236 valence electrons. The first-order valence-electron chi connectivity index (χ1n) is 15.8. The Morgan fingerprint density at radius 2 is 1.89 bits per heavy atom. The van der Waals surface area contributed by atoms with E-state index in [1.807, 2.05) is 39.0 Å². The molecule has 1 aliphatic carbocycles. The second kappa shape index (κ2) is 12.5. The van der Waals surface area contributed by atoms with Gasteiger partial charge in [-0.1, -0.05) is 19.9 Å². The fraction of sp³-hybridized carbons (Fsp3) is 0.457. The summed E-state index contributed by atoms with van der Waals surface area (Å²) in [6.45, 7) is 7.87. The summed E-state index contributed by atoms with van der Waals surface area (Å²) in [5, 5.41) is 21.7. The van der Waals surface area contributed by atoms with Crippen molar-refractivity contribution >= 4 is 16.8 Å². The molecule has 6 rings (SSSR count). The van der Waals surface area contributed by atoms with E-state index in [9.17, 15) is 9.90 Å². The number of likely N-dealkylation sites (tertiary alicyclic amines) is 1. The molecular formula is C35H40F2N6O2. The first kappa shape index (κ1) is 31.1. The molecule has 1 aromatic carbocycles. The highest BCUT2D eigenvalue weighted by molar-refractivity contribution is 5.98. The van der Waals surface area contributed by atoms with E-state index < -0.39 is 29.0 Å². The standard InChI is InChI=1S/C35H40F2N6O2/c1-22(2)35(37)9-6-30-27(19-35)17-25-16-26(18-28(36)32(25)41-30)33(44)42-31(8-13-43-14-10-34(3,45)11-15-43)23-4-5-29(38-20-23)24-7-12-39-40-21-24/h4-5,7,12,16-18,20-22,31,45H,6,8-11,13-15,19H2,1-3H3,(H,42,44)/t31-,35?/m1/s1. The molecule has 2 aliphatic rings. The summed E-state index contributed by atoms with van der Waals surface area (Å²) in [7, 11) is 0. The van der Waals surface area contributed by atoms with Crippen LogP contribution in [0.1, 0.15) is 79.7 Å². The third-order valence-corrected chi connectivity index (χ3v) is 9.64. The van der Waals surface area contributed by atoms with Gasteiger partial charge in [0.25, 0.3) is 5.91 Å². The number of carbonyl (C=O) groups excluding carboxylic acids is 1. The van der Waals surface area contributed by atoms with Gasteiger partial charge < -0.3 is 15.3 Å². The number of aliphatic hydroxyl groups is 1. The minimum atomic E-state index is -1.33. The minimum Gasteiger partial charge on any atom is -0.390 e. The molecule has 8 nitrogen and oxygen atoms in total. The second-order valence-electron chi connectivity index (χ2n) is 13.3. The Kier molecular flexibility index (Phi) is 8.63. The van der Waals surface area contributed by atoms with Crippen molar-refractivity contribution in [2.24, 2.45) is 5.92 Å². The zero-order valence-electron chi connectivity index (χ0n) is 26.1. The predicted molar refractivity (Wildman–Crippen MR) is 169 cm³/mol. The van der Waals surface area contributed by atoms with Gasteiger partial charge in [-0.3, -0.25) is 9.78 Å². The van der Waals surface area contributed by atoms with Crippen LogP contribution in [0.5, 0.6) is 0 Å². The molecule has 1 amide bonds. The molecule has 1 fully saturated rings. The Morgan fingerprint density at radius 3 is 2.58 bits per heavy atom. The average molecular weight is 615 g/mol. The van der Waals surface area contributed by atoms with Crippen molar-refractivity contribution in [2.45, 2.75) is 76.6 Å². The van der Waals surface area contributed by atoms with Crippen LogP contribution in [0.25, 0.3) is 22.2 Å². The van der Waals surface area contributed by atoms with Crippen LogP contribution in [0.2, 0.25) is 0 Å². The van der Waals surface area contributed by atoms with Gasteiger partial charge in [0.15, 0.2) is 0 Å². The van der Waals surface area contributed by atoms with Crippen molar-refractivity contribution in [3.05, 3.63) is 83.2 Å². The zero-order chi connectivity index (χ0) is 31.8. The molecule has 2 N–H and O–H groups in total. The van der Waals surface area contributed by atoms with Crippen molar-refractivity contribution in [3.8, 4) is 11.3 Å². The SMILES string of the molecule is CC(C)C1(F)CCc2nc3c(F)cc(C(=O)N[C@H](CCN4CCC(C)(O)CC4)c4ccc(-c5ccnnc5)nc4)cc3cc2C1. The zero-order valence-corrected chi connectivity index (χ0v) is 26.1. The third kappa shape index (κ3) is 6.87. The number of rotatable bonds is 8. The van der Waals surface area contributed by atoms with E-state index in [1.54, 1.807) is 30.7 Å². The van der Waals surface area contributed by atoms with Crippen LogP contribution in [0.4, 0.5) is 8.78 Å². The summed E-state index contributed by atoms with van der Waals surface area (Å²) < 4.78 is 31.0. The lowest BCUT2D eigenvalue weighted by molar-refractivity contribution is -0.00592. The number of nitrogens with zero attached hydrogens (tertiary/aromatic N) is 5. The van der Waals surface area contributed by atoms with Crippen LogP contribution >= 0.6 is 0 Å². The fourth-order valence-corrected chi connectivity index (χ4v) is 6.41. The van der Waals surface area contributed by atoms with Gasteiger partial charge in [-0.2, -0.15) is 10.2 Å². The van der Waals surface area contributed by atoms with E-state index in [1.165, 1.54) is 6.07 Å². The molecule has 4 aromatic rings. The number of halogens is 2. The molecule has 10 heteroatoms. The molecule has 3 aromatic heterocycles. The van der Waals surface area contributed by atoms with Crippen LogP contribution in [0, 0.1) is 11.7 Å². The lowest BCUT2D eigenvalue weighted by Crippen LogP contribution is -2.43. The van der Waals surface area contributed by atoms with Gasteiger partial charge in [-0.05, 0) is 86.4 Å². The number of pyridine rings is 2. The first-order valence-corrected chi connectivity index (χ1v) is 15.8. The molecule has 0 radical (unpaired) electrons. The van der Waals surface area contributed by atoms with Crippen LogP contribution in [0.3, 0.4) is 0 Å². The maximum absolute atomic E-state index is 15.5. The number of alkyl halides is 1. The minimum absolute atomic E-state index is 0.143. The van der Waals surface area contributed by atoms with E-state index in [-0.39, 0.29) is 23.4 Å². The topological polar surface area (TPSA) is 104 Å². The van der Waals surface area contributed by atoms with Gasteiger partial charge in [0.2, 0.25) is 0 Å². The van der Waals surface area contributed by atoms with Gasteiger partial charge >= 0.3 is 0 Å². The molecule has 1 aliphatic heterocycles. The van der Waals surface area contributed by atoms with Crippen molar-refractivity contribution in [3.63, 3.8) is 0 Å². The monoisotopic (exact) mass is 614 g/mol. The number of piperidine rings is 1. The molecule has 0 saturated carbocycles. The molecule has 1 saturated heterocycles. The Balaban J connectivity index is 1.25. The Morgan fingerprint density at radius 1 is 1.09 bits per heavy atom. The van der Waals surface area contributed by atoms with Crippen molar-refractivity contribution in [1.29, 1.82) is 0 Å². The van der Waals surface area contributed by atoms with Crippen molar-refractivity contribution in [2.75, 3.05) is 19.6 Å². The number of amides is 1. The quantitative estimate of drug-likeness (QED) is 0.259. The van der Waals surface area contributed by atoms with Crippen LogP contribution < -0.4 is 5.32 Å². The molecule has 1 unspecified atom stereocenters. The summed E-state index contributed by atoms with van der Waals surface area (Å²) >= 11 is 0. The van der Waals surface area contributed by atoms with E-state index in [0.717, 1.165) is 41.2 Å². The Bertz CT molecular complexity index is 1670. The molecular weight excluding hydrogens is 574 g/mol.